The molecule has 1 N–H and O–H groups in total. The van der Waals surface area contributed by atoms with Crippen LogP contribution in [0.4, 0.5) is 0 Å². The minimum Gasteiger partial charge on any atom is -0.392 e. The SMILES string of the molecule is Cc1cc(C)cc(CC(O)Cc2ccccc2C)c1. The van der Waals surface area contributed by atoms with Crippen LogP contribution in [0.1, 0.15) is 27.8 Å². The molecular formula is C18H22O. The molecule has 0 saturated carbocycles. The van der Waals surface area contributed by atoms with Crippen LogP contribution < -0.4 is 0 Å². The van der Waals surface area contributed by atoms with E-state index >= 15 is 0 Å². The van der Waals surface area contributed by atoms with Gasteiger partial charge < -0.3 is 5.11 Å². The number of hydrogen-bond acceptors (Lipinski definition) is 1. The zero-order valence-electron chi connectivity index (χ0n) is 12.0. The van der Waals surface area contributed by atoms with Crippen LogP contribution in [-0.4, -0.2) is 11.2 Å². The second-order valence-electron chi connectivity index (χ2n) is 5.48. The largest absolute Gasteiger partial charge is 0.392 e. The molecule has 0 spiro atoms. The Morgan fingerprint density at radius 1 is 0.895 bits per heavy atom. The van der Waals surface area contributed by atoms with Gasteiger partial charge in [-0.25, -0.2) is 0 Å². The van der Waals surface area contributed by atoms with Crippen molar-refractivity contribution in [3.63, 3.8) is 0 Å². The maximum absolute atomic E-state index is 10.3. The second kappa shape index (κ2) is 6.03. The highest BCUT2D eigenvalue weighted by molar-refractivity contribution is 5.30. The van der Waals surface area contributed by atoms with E-state index in [1.54, 1.807) is 0 Å². The first-order valence-corrected chi connectivity index (χ1v) is 6.84. The summed E-state index contributed by atoms with van der Waals surface area (Å²) >= 11 is 0. The molecule has 0 fully saturated rings. The highest BCUT2D eigenvalue weighted by Crippen LogP contribution is 2.15. The molecule has 0 aliphatic heterocycles. The highest BCUT2D eigenvalue weighted by atomic mass is 16.3. The van der Waals surface area contributed by atoms with E-state index in [1.807, 2.05) is 12.1 Å². The lowest BCUT2D eigenvalue weighted by Crippen LogP contribution is -2.14. The molecule has 0 bridgehead atoms. The topological polar surface area (TPSA) is 20.2 Å². The van der Waals surface area contributed by atoms with Gasteiger partial charge in [-0.05, 0) is 50.3 Å². The Bertz CT molecular complexity index is 537. The summed E-state index contributed by atoms with van der Waals surface area (Å²) in [7, 11) is 0. The minimum absolute atomic E-state index is 0.317. The third kappa shape index (κ3) is 3.93. The summed E-state index contributed by atoms with van der Waals surface area (Å²) in [5.41, 5.74) is 6.23. The fourth-order valence-electron chi connectivity index (χ4n) is 2.62. The summed E-state index contributed by atoms with van der Waals surface area (Å²) in [5.74, 6) is 0. The first-order chi connectivity index (χ1) is 9.04. The Morgan fingerprint density at radius 3 is 2.16 bits per heavy atom. The van der Waals surface area contributed by atoms with Crippen LogP contribution in [-0.2, 0) is 12.8 Å². The average Bonchev–Trinajstić information content (AvgIpc) is 2.30. The highest BCUT2D eigenvalue weighted by Gasteiger charge is 2.09. The third-order valence-electron chi connectivity index (χ3n) is 3.47. The van der Waals surface area contributed by atoms with E-state index < -0.39 is 0 Å². The normalized spacial score (nSPS) is 12.4. The number of aliphatic hydroxyl groups excluding tert-OH is 1. The van der Waals surface area contributed by atoms with Gasteiger partial charge >= 0.3 is 0 Å². The molecule has 100 valence electrons. The molecule has 0 saturated heterocycles. The van der Waals surface area contributed by atoms with Gasteiger partial charge in [0.15, 0.2) is 0 Å². The molecule has 0 aromatic heterocycles. The maximum Gasteiger partial charge on any atom is 0.0620 e. The molecule has 0 radical (unpaired) electrons. The summed E-state index contributed by atoms with van der Waals surface area (Å²) in [4.78, 5) is 0. The van der Waals surface area contributed by atoms with E-state index in [0.29, 0.717) is 0 Å². The Morgan fingerprint density at radius 2 is 1.53 bits per heavy atom. The summed E-state index contributed by atoms with van der Waals surface area (Å²) in [6.07, 6.45) is 1.12. The molecule has 0 amide bonds. The fraction of sp³-hybridized carbons (Fsp3) is 0.333. The van der Waals surface area contributed by atoms with Gasteiger partial charge in [0.25, 0.3) is 0 Å². The molecule has 2 rings (SSSR count). The Labute approximate surface area is 115 Å². The van der Waals surface area contributed by atoms with E-state index in [-0.39, 0.29) is 6.10 Å². The monoisotopic (exact) mass is 254 g/mol. The van der Waals surface area contributed by atoms with Crippen molar-refractivity contribution in [2.45, 2.75) is 39.7 Å². The lowest BCUT2D eigenvalue weighted by atomic mass is 9.97. The lowest BCUT2D eigenvalue weighted by molar-refractivity contribution is 0.175. The van der Waals surface area contributed by atoms with Crippen LogP contribution in [0.3, 0.4) is 0 Å². The van der Waals surface area contributed by atoms with Crippen LogP contribution in [0.25, 0.3) is 0 Å². The van der Waals surface area contributed by atoms with Crippen LogP contribution in [0, 0.1) is 20.8 Å². The van der Waals surface area contributed by atoms with Gasteiger partial charge in [-0.15, -0.1) is 0 Å². The smallest absolute Gasteiger partial charge is 0.0620 e. The Kier molecular flexibility index (Phi) is 4.39. The number of rotatable bonds is 4. The molecule has 0 aliphatic carbocycles. The predicted molar refractivity (Wildman–Crippen MR) is 80.5 cm³/mol. The minimum atomic E-state index is -0.317. The van der Waals surface area contributed by atoms with Crippen LogP contribution in [0.5, 0.6) is 0 Å². The van der Waals surface area contributed by atoms with Crippen molar-refractivity contribution in [1.82, 2.24) is 0 Å². The average molecular weight is 254 g/mol. The molecule has 1 atom stereocenters. The molecule has 19 heavy (non-hydrogen) atoms. The van der Waals surface area contributed by atoms with E-state index in [1.165, 1.54) is 27.8 Å². The number of benzene rings is 2. The van der Waals surface area contributed by atoms with E-state index in [0.717, 1.165) is 12.8 Å². The van der Waals surface area contributed by atoms with Gasteiger partial charge in [0, 0.05) is 0 Å². The van der Waals surface area contributed by atoms with E-state index in [2.05, 4.69) is 51.1 Å². The molecule has 2 aromatic carbocycles. The van der Waals surface area contributed by atoms with Crippen molar-refractivity contribution in [2.75, 3.05) is 0 Å². The first kappa shape index (κ1) is 13.8. The lowest BCUT2D eigenvalue weighted by Gasteiger charge is -2.13. The van der Waals surface area contributed by atoms with E-state index in [4.69, 9.17) is 0 Å². The van der Waals surface area contributed by atoms with Gasteiger partial charge in [-0.3, -0.25) is 0 Å². The third-order valence-corrected chi connectivity index (χ3v) is 3.47. The van der Waals surface area contributed by atoms with Crippen molar-refractivity contribution in [3.05, 3.63) is 70.3 Å². The Balaban J connectivity index is 2.05. The van der Waals surface area contributed by atoms with Crippen molar-refractivity contribution < 1.29 is 5.11 Å². The number of aliphatic hydroxyl groups is 1. The van der Waals surface area contributed by atoms with Crippen LogP contribution in [0.15, 0.2) is 42.5 Å². The fourth-order valence-corrected chi connectivity index (χ4v) is 2.62. The molecule has 0 heterocycles. The molecule has 1 unspecified atom stereocenters. The maximum atomic E-state index is 10.3. The van der Waals surface area contributed by atoms with Crippen molar-refractivity contribution in [1.29, 1.82) is 0 Å². The quantitative estimate of drug-likeness (QED) is 0.881. The van der Waals surface area contributed by atoms with Crippen LogP contribution >= 0.6 is 0 Å². The summed E-state index contributed by atoms with van der Waals surface area (Å²) in [6, 6.07) is 14.7. The van der Waals surface area contributed by atoms with Gasteiger partial charge in [0.05, 0.1) is 6.10 Å². The Hall–Kier alpha value is -1.60. The molecular weight excluding hydrogens is 232 g/mol. The molecule has 1 nitrogen and oxygen atoms in total. The van der Waals surface area contributed by atoms with Gasteiger partial charge in [0.2, 0.25) is 0 Å². The number of aryl methyl sites for hydroxylation is 3. The number of hydrogen-bond donors (Lipinski definition) is 1. The van der Waals surface area contributed by atoms with Gasteiger partial charge in [-0.1, -0.05) is 53.6 Å². The molecule has 0 aliphatic rings. The molecule has 2 aromatic rings. The molecule has 1 heteroatoms. The first-order valence-electron chi connectivity index (χ1n) is 6.84. The summed E-state index contributed by atoms with van der Waals surface area (Å²) < 4.78 is 0. The van der Waals surface area contributed by atoms with Crippen molar-refractivity contribution in [2.24, 2.45) is 0 Å². The van der Waals surface area contributed by atoms with E-state index in [9.17, 15) is 5.11 Å². The van der Waals surface area contributed by atoms with Gasteiger partial charge in [-0.2, -0.15) is 0 Å². The zero-order valence-corrected chi connectivity index (χ0v) is 12.0. The predicted octanol–water partition coefficient (Wildman–Crippen LogP) is 3.76. The standard InChI is InChI=1S/C18H22O/c1-13-8-14(2)10-16(9-13)11-18(19)12-17-7-5-4-6-15(17)3/h4-10,18-19H,11-12H2,1-3H3. The summed E-state index contributed by atoms with van der Waals surface area (Å²) in [6.45, 7) is 6.30. The van der Waals surface area contributed by atoms with Crippen LogP contribution in [0.2, 0.25) is 0 Å². The van der Waals surface area contributed by atoms with Crippen molar-refractivity contribution in [3.8, 4) is 0 Å². The van der Waals surface area contributed by atoms with Crippen molar-refractivity contribution >= 4 is 0 Å². The zero-order chi connectivity index (χ0) is 13.8. The summed E-state index contributed by atoms with van der Waals surface area (Å²) in [5, 5.41) is 10.3. The van der Waals surface area contributed by atoms with Gasteiger partial charge in [0.1, 0.15) is 0 Å². The second-order valence-corrected chi connectivity index (χ2v) is 5.48.